The zero-order valence-corrected chi connectivity index (χ0v) is 13.3. The number of rotatable bonds is 10. The van der Waals surface area contributed by atoms with Crippen molar-refractivity contribution >= 4 is 5.97 Å². The molecule has 1 rings (SSSR count). The second-order valence-corrected chi connectivity index (χ2v) is 4.97. The Labute approximate surface area is 127 Å². The molecular formula is C17H26O4. The molecule has 0 saturated heterocycles. The molecule has 1 aromatic rings. The van der Waals surface area contributed by atoms with Crippen molar-refractivity contribution in [2.75, 3.05) is 20.8 Å². The summed E-state index contributed by atoms with van der Waals surface area (Å²) < 4.78 is 15.7. The predicted molar refractivity (Wildman–Crippen MR) is 83.2 cm³/mol. The molecule has 0 aliphatic heterocycles. The minimum Gasteiger partial charge on any atom is -0.493 e. The SMILES string of the molecule is CCCCCCCCOc1ccc(C(=O)OC)cc1OC. The van der Waals surface area contributed by atoms with Crippen LogP contribution in [0.5, 0.6) is 11.5 Å². The minimum absolute atomic E-state index is 0.379. The van der Waals surface area contributed by atoms with E-state index in [-0.39, 0.29) is 5.97 Å². The highest BCUT2D eigenvalue weighted by atomic mass is 16.5. The van der Waals surface area contributed by atoms with Crippen molar-refractivity contribution in [3.8, 4) is 11.5 Å². The molecule has 0 unspecified atom stereocenters. The van der Waals surface area contributed by atoms with Crippen LogP contribution in [0.4, 0.5) is 0 Å². The maximum atomic E-state index is 11.5. The fourth-order valence-electron chi connectivity index (χ4n) is 2.10. The summed E-state index contributed by atoms with van der Waals surface area (Å²) in [5.41, 5.74) is 0.460. The maximum absolute atomic E-state index is 11.5. The van der Waals surface area contributed by atoms with Crippen LogP contribution in [0.3, 0.4) is 0 Å². The van der Waals surface area contributed by atoms with Crippen LogP contribution in [0.1, 0.15) is 55.8 Å². The van der Waals surface area contributed by atoms with Crippen LogP contribution < -0.4 is 9.47 Å². The van der Waals surface area contributed by atoms with E-state index in [1.807, 2.05) is 0 Å². The second kappa shape index (κ2) is 10.1. The van der Waals surface area contributed by atoms with E-state index >= 15 is 0 Å². The van der Waals surface area contributed by atoms with E-state index in [1.54, 1.807) is 25.3 Å². The van der Waals surface area contributed by atoms with Gasteiger partial charge in [-0.25, -0.2) is 4.79 Å². The van der Waals surface area contributed by atoms with Crippen LogP contribution in [0, 0.1) is 0 Å². The molecule has 1 aromatic carbocycles. The molecular weight excluding hydrogens is 268 g/mol. The highest BCUT2D eigenvalue weighted by molar-refractivity contribution is 5.90. The summed E-state index contributed by atoms with van der Waals surface area (Å²) >= 11 is 0. The molecule has 0 heterocycles. The summed E-state index contributed by atoms with van der Waals surface area (Å²) in [5, 5.41) is 0. The molecule has 0 aliphatic carbocycles. The number of methoxy groups -OCH3 is 2. The maximum Gasteiger partial charge on any atom is 0.337 e. The van der Waals surface area contributed by atoms with E-state index in [0.717, 1.165) is 6.42 Å². The van der Waals surface area contributed by atoms with Gasteiger partial charge in [0, 0.05) is 0 Å². The van der Waals surface area contributed by atoms with Gasteiger partial charge < -0.3 is 14.2 Å². The number of benzene rings is 1. The summed E-state index contributed by atoms with van der Waals surface area (Å²) in [6.07, 6.45) is 7.35. The molecule has 0 atom stereocenters. The quantitative estimate of drug-likeness (QED) is 0.479. The Balaban J connectivity index is 2.42. The monoisotopic (exact) mass is 294 g/mol. The van der Waals surface area contributed by atoms with Crippen LogP contribution in [-0.4, -0.2) is 26.8 Å². The van der Waals surface area contributed by atoms with Gasteiger partial charge >= 0.3 is 5.97 Å². The standard InChI is InChI=1S/C17H26O4/c1-4-5-6-7-8-9-12-21-15-11-10-14(17(18)20-3)13-16(15)19-2/h10-11,13H,4-9,12H2,1-3H3. The molecule has 0 aliphatic rings. The van der Waals surface area contributed by atoms with Gasteiger partial charge in [0.25, 0.3) is 0 Å². The molecule has 0 aromatic heterocycles. The Morgan fingerprint density at radius 1 is 1.00 bits per heavy atom. The first-order chi connectivity index (χ1) is 10.2. The third-order valence-electron chi connectivity index (χ3n) is 3.34. The fourth-order valence-corrected chi connectivity index (χ4v) is 2.10. The van der Waals surface area contributed by atoms with Crippen LogP contribution in [-0.2, 0) is 4.74 Å². The summed E-state index contributed by atoms with van der Waals surface area (Å²) in [4.78, 5) is 11.5. The normalized spacial score (nSPS) is 10.2. The summed E-state index contributed by atoms with van der Waals surface area (Å²) in [6.45, 7) is 2.88. The van der Waals surface area contributed by atoms with Gasteiger partial charge in [-0.2, -0.15) is 0 Å². The Kier molecular flexibility index (Phi) is 8.32. The number of unbranched alkanes of at least 4 members (excludes halogenated alkanes) is 5. The Morgan fingerprint density at radius 3 is 2.38 bits per heavy atom. The van der Waals surface area contributed by atoms with E-state index in [1.165, 1.54) is 39.2 Å². The Morgan fingerprint density at radius 2 is 1.71 bits per heavy atom. The molecule has 0 N–H and O–H groups in total. The number of hydrogen-bond acceptors (Lipinski definition) is 4. The summed E-state index contributed by atoms with van der Waals surface area (Å²) in [7, 11) is 2.92. The lowest BCUT2D eigenvalue weighted by Crippen LogP contribution is -2.04. The van der Waals surface area contributed by atoms with Crippen LogP contribution in [0.15, 0.2) is 18.2 Å². The number of hydrogen-bond donors (Lipinski definition) is 0. The lowest BCUT2D eigenvalue weighted by molar-refractivity contribution is 0.0600. The third kappa shape index (κ3) is 6.06. The van der Waals surface area contributed by atoms with Gasteiger partial charge in [-0.3, -0.25) is 0 Å². The van der Waals surface area contributed by atoms with Crippen molar-refractivity contribution in [2.24, 2.45) is 0 Å². The molecule has 0 saturated carbocycles. The average molecular weight is 294 g/mol. The van der Waals surface area contributed by atoms with E-state index in [2.05, 4.69) is 11.7 Å². The topological polar surface area (TPSA) is 44.8 Å². The van der Waals surface area contributed by atoms with E-state index in [0.29, 0.717) is 23.7 Å². The van der Waals surface area contributed by atoms with Gasteiger partial charge in [-0.15, -0.1) is 0 Å². The first-order valence-electron chi connectivity index (χ1n) is 7.62. The van der Waals surface area contributed by atoms with E-state index < -0.39 is 0 Å². The zero-order chi connectivity index (χ0) is 15.5. The number of ether oxygens (including phenoxy) is 3. The van der Waals surface area contributed by atoms with Gasteiger partial charge in [-0.1, -0.05) is 39.0 Å². The number of carbonyl (C=O) groups is 1. The average Bonchev–Trinajstić information content (AvgIpc) is 2.53. The summed E-state index contributed by atoms with van der Waals surface area (Å²) in [6, 6.07) is 5.08. The highest BCUT2D eigenvalue weighted by Gasteiger charge is 2.11. The van der Waals surface area contributed by atoms with Crippen molar-refractivity contribution in [2.45, 2.75) is 45.4 Å². The highest BCUT2D eigenvalue weighted by Crippen LogP contribution is 2.28. The second-order valence-electron chi connectivity index (χ2n) is 4.97. The predicted octanol–water partition coefficient (Wildman–Crippen LogP) is 4.22. The molecule has 0 radical (unpaired) electrons. The zero-order valence-electron chi connectivity index (χ0n) is 13.3. The molecule has 0 spiro atoms. The first-order valence-corrected chi connectivity index (χ1v) is 7.62. The van der Waals surface area contributed by atoms with Crippen molar-refractivity contribution < 1.29 is 19.0 Å². The molecule has 0 bridgehead atoms. The lowest BCUT2D eigenvalue weighted by Gasteiger charge is -2.11. The number of esters is 1. The van der Waals surface area contributed by atoms with Crippen LogP contribution in [0.2, 0.25) is 0 Å². The van der Waals surface area contributed by atoms with E-state index in [9.17, 15) is 4.79 Å². The van der Waals surface area contributed by atoms with Gasteiger partial charge in [0.05, 0.1) is 26.4 Å². The first kappa shape index (κ1) is 17.3. The van der Waals surface area contributed by atoms with Crippen molar-refractivity contribution in [1.82, 2.24) is 0 Å². The summed E-state index contributed by atoms with van der Waals surface area (Å²) in [5.74, 6) is 0.846. The van der Waals surface area contributed by atoms with Gasteiger partial charge in [0.15, 0.2) is 11.5 Å². The molecule has 0 fully saturated rings. The molecule has 118 valence electrons. The fraction of sp³-hybridized carbons (Fsp3) is 0.588. The largest absolute Gasteiger partial charge is 0.493 e. The smallest absolute Gasteiger partial charge is 0.337 e. The molecule has 4 nitrogen and oxygen atoms in total. The third-order valence-corrected chi connectivity index (χ3v) is 3.34. The molecule has 21 heavy (non-hydrogen) atoms. The van der Waals surface area contributed by atoms with Crippen molar-refractivity contribution in [3.05, 3.63) is 23.8 Å². The lowest BCUT2D eigenvalue weighted by atomic mass is 10.1. The number of carbonyl (C=O) groups excluding carboxylic acids is 1. The molecule has 4 heteroatoms. The molecule has 0 amide bonds. The Bertz CT molecular complexity index is 429. The van der Waals surface area contributed by atoms with Gasteiger partial charge in [0.2, 0.25) is 0 Å². The van der Waals surface area contributed by atoms with Gasteiger partial charge in [-0.05, 0) is 24.6 Å². The Hall–Kier alpha value is -1.71. The van der Waals surface area contributed by atoms with Crippen LogP contribution >= 0.6 is 0 Å². The van der Waals surface area contributed by atoms with Crippen molar-refractivity contribution in [3.63, 3.8) is 0 Å². The van der Waals surface area contributed by atoms with Crippen LogP contribution in [0.25, 0.3) is 0 Å². The minimum atomic E-state index is -0.379. The van der Waals surface area contributed by atoms with Crippen molar-refractivity contribution in [1.29, 1.82) is 0 Å². The van der Waals surface area contributed by atoms with E-state index in [4.69, 9.17) is 9.47 Å². The van der Waals surface area contributed by atoms with Gasteiger partial charge in [0.1, 0.15) is 0 Å².